The van der Waals surface area contributed by atoms with Crippen molar-refractivity contribution in [1.29, 1.82) is 0 Å². The number of aromatic carboxylic acids is 1. The third kappa shape index (κ3) is 5.75. The van der Waals surface area contributed by atoms with E-state index >= 15 is 0 Å². The zero-order valence-corrected chi connectivity index (χ0v) is 20.6. The van der Waals surface area contributed by atoms with Crippen LogP contribution in [-0.2, 0) is 17.9 Å². The molecule has 1 aliphatic heterocycles. The summed E-state index contributed by atoms with van der Waals surface area (Å²) >= 11 is -1.35. The lowest BCUT2D eigenvalue weighted by atomic mass is 9.95. The van der Waals surface area contributed by atoms with E-state index in [2.05, 4.69) is 16.8 Å². The van der Waals surface area contributed by atoms with E-state index in [9.17, 15) is 19.6 Å². The maximum atomic E-state index is 13.3. The van der Waals surface area contributed by atoms with E-state index in [4.69, 9.17) is 0 Å². The number of hydrogen-bond acceptors (Lipinski definition) is 6. The minimum Gasteiger partial charge on any atom is -0.597 e. The van der Waals surface area contributed by atoms with Gasteiger partial charge in [-0.15, -0.1) is 4.31 Å². The Balaban J connectivity index is 2.15. The SMILES string of the molecule is CN(C)CC#Cc1cccc(-c2nc(C(=O)O)cc3c2C(CCO)N([S@+]([O-])C(C)(C)C)C3)c1. The molecule has 0 radical (unpaired) electrons. The van der Waals surface area contributed by atoms with Gasteiger partial charge in [0.15, 0.2) is 0 Å². The molecule has 1 unspecified atom stereocenters. The zero-order valence-electron chi connectivity index (χ0n) is 19.8. The normalized spacial score (nSPS) is 16.9. The molecule has 7 nitrogen and oxygen atoms in total. The molecule has 0 amide bonds. The molecule has 2 heterocycles. The van der Waals surface area contributed by atoms with Gasteiger partial charge in [-0.1, -0.05) is 24.0 Å². The molecule has 2 aromatic rings. The van der Waals surface area contributed by atoms with Gasteiger partial charge in [0.25, 0.3) is 0 Å². The Labute approximate surface area is 198 Å². The molecule has 0 aliphatic carbocycles. The summed E-state index contributed by atoms with van der Waals surface area (Å²) in [4.78, 5) is 18.3. The van der Waals surface area contributed by atoms with Crippen LogP contribution in [0, 0.1) is 11.8 Å². The highest BCUT2D eigenvalue weighted by molar-refractivity contribution is 7.90. The van der Waals surface area contributed by atoms with Crippen molar-refractivity contribution in [3.8, 4) is 23.1 Å². The Bertz CT molecular complexity index is 1090. The number of carbonyl (C=O) groups is 1. The molecule has 3 rings (SSSR count). The lowest BCUT2D eigenvalue weighted by Crippen LogP contribution is -2.42. The summed E-state index contributed by atoms with van der Waals surface area (Å²) in [6.45, 7) is 6.58. The third-order valence-electron chi connectivity index (χ3n) is 5.27. The molecule has 176 valence electrons. The van der Waals surface area contributed by atoms with Gasteiger partial charge in [0.05, 0.1) is 24.8 Å². The lowest BCUT2D eigenvalue weighted by molar-refractivity contribution is 0.0690. The van der Waals surface area contributed by atoms with E-state index in [0.29, 0.717) is 25.2 Å². The predicted octanol–water partition coefficient (Wildman–Crippen LogP) is 3.06. The van der Waals surface area contributed by atoms with Crippen molar-refractivity contribution in [2.24, 2.45) is 0 Å². The van der Waals surface area contributed by atoms with Crippen molar-refractivity contribution >= 4 is 17.3 Å². The molecular weight excluding hydrogens is 438 g/mol. The van der Waals surface area contributed by atoms with Gasteiger partial charge in [0.2, 0.25) is 0 Å². The van der Waals surface area contributed by atoms with Crippen LogP contribution in [0.15, 0.2) is 30.3 Å². The zero-order chi connectivity index (χ0) is 24.3. The third-order valence-corrected chi connectivity index (χ3v) is 7.13. The van der Waals surface area contributed by atoms with Crippen LogP contribution < -0.4 is 0 Å². The number of carboxylic acids is 1. The van der Waals surface area contributed by atoms with E-state index in [1.54, 1.807) is 6.07 Å². The van der Waals surface area contributed by atoms with Crippen LogP contribution in [-0.4, -0.2) is 66.9 Å². The maximum Gasteiger partial charge on any atom is 0.354 e. The highest BCUT2D eigenvalue weighted by Crippen LogP contribution is 2.45. The quantitative estimate of drug-likeness (QED) is 0.495. The second kappa shape index (κ2) is 10.2. The van der Waals surface area contributed by atoms with Gasteiger partial charge in [0.1, 0.15) is 10.4 Å². The Morgan fingerprint density at radius 2 is 2.06 bits per heavy atom. The average molecular weight is 470 g/mol. The molecule has 0 saturated heterocycles. The summed E-state index contributed by atoms with van der Waals surface area (Å²) in [5.41, 5.74) is 3.63. The Hall–Kier alpha value is -2.41. The second-order valence-corrected chi connectivity index (χ2v) is 11.5. The topological polar surface area (TPSA) is 100.0 Å². The van der Waals surface area contributed by atoms with Crippen LogP contribution in [0.1, 0.15) is 60.4 Å². The van der Waals surface area contributed by atoms with Crippen LogP contribution in [0.2, 0.25) is 0 Å². The number of pyridine rings is 1. The fourth-order valence-corrected chi connectivity index (χ4v) is 5.24. The highest BCUT2D eigenvalue weighted by Gasteiger charge is 2.44. The van der Waals surface area contributed by atoms with Crippen LogP contribution >= 0.6 is 0 Å². The molecule has 2 atom stereocenters. The number of aliphatic hydroxyl groups is 1. The van der Waals surface area contributed by atoms with E-state index in [1.165, 1.54) is 0 Å². The lowest BCUT2D eigenvalue weighted by Gasteiger charge is -2.33. The Kier molecular flexibility index (Phi) is 7.83. The first-order valence-electron chi connectivity index (χ1n) is 10.8. The summed E-state index contributed by atoms with van der Waals surface area (Å²) in [6, 6.07) is 8.78. The van der Waals surface area contributed by atoms with Crippen molar-refractivity contribution < 1.29 is 19.6 Å². The number of hydrogen-bond donors (Lipinski definition) is 2. The van der Waals surface area contributed by atoms with Crippen molar-refractivity contribution in [2.75, 3.05) is 27.2 Å². The van der Waals surface area contributed by atoms with Crippen molar-refractivity contribution in [3.05, 3.63) is 52.7 Å². The number of fused-ring (bicyclic) bond motifs is 1. The number of aliphatic hydroxyl groups excluding tert-OH is 1. The van der Waals surface area contributed by atoms with Gasteiger partial charge >= 0.3 is 5.97 Å². The van der Waals surface area contributed by atoms with Crippen molar-refractivity contribution in [1.82, 2.24) is 14.2 Å². The molecule has 0 bridgehead atoms. The van der Waals surface area contributed by atoms with Gasteiger partial charge in [-0.2, -0.15) is 0 Å². The van der Waals surface area contributed by atoms with E-state index in [0.717, 1.165) is 22.3 Å². The first-order chi connectivity index (χ1) is 15.5. The highest BCUT2D eigenvalue weighted by atomic mass is 32.2. The molecule has 1 aliphatic rings. The minimum absolute atomic E-state index is 0.0565. The number of rotatable bonds is 6. The molecule has 33 heavy (non-hydrogen) atoms. The summed E-state index contributed by atoms with van der Waals surface area (Å²) in [6.07, 6.45) is 0.373. The van der Waals surface area contributed by atoms with Crippen LogP contribution in [0.3, 0.4) is 0 Å². The first kappa shape index (κ1) is 25.2. The van der Waals surface area contributed by atoms with Crippen molar-refractivity contribution in [3.63, 3.8) is 0 Å². The molecule has 1 aromatic carbocycles. The van der Waals surface area contributed by atoms with Crippen LogP contribution in [0.25, 0.3) is 11.3 Å². The monoisotopic (exact) mass is 469 g/mol. The van der Waals surface area contributed by atoms with Crippen LogP contribution in [0.4, 0.5) is 0 Å². The molecule has 1 aromatic heterocycles. The van der Waals surface area contributed by atoms with Gasteiger partial charge in [-0.3, -0.25) is 4.90 Å². The van der Waals surface area contributed by atoms with Crippen LogP contribution in [0.5, 0.6) is 0 Å². The van der Waals surface area contributed by atoms with Gasteiger partial charge in [0, 0.05) is 34.7 Å². The van der Waals surface area contributed by atoms with E-state index in [1.807, 2.05) is 68.3 Å². The van der Waals surface area contributed by atoms with Crippen molar-refractivity contribution in [2.45, 2.75) is 44.5 Å². The predicted molar refractivity (Wildman–Crippen MR) is 130 cm³/mol. The molecule has 2 N–H and O–H groups in total. The van der Waals surface area contributed by atoms with E-state index in [-0.39, 0.29) is 18.3 Å². The second-order valence-electron chi connectivity index (χ2n) is 9.32. The fraction of sp³-hybridized carbons (Fsp3) is 0.440. The largest absolute Gasteiger partial charge is 0.597 e. The van der Waals surface area contributed by atoms with Gasteiger partial charge in [-0.25, -0.2) is 9.78 Å². The summed E-state index contributed by atoms with van der Waals surface area (Å²) in [5.74, 6) is 5.13. The average Bonchev–Trinajstić information content (AvgIpc) is 3.10. The summed E-state index contributed by atoms with van der Waals surface area (Å²) in [7, 11) is 3.90. The molecular formula is C25H31N3O4S. The smallest absolute Gasteiger partial charge is 0.354 e. The summed E-state index contributed by atoms with van der Waals surface area (Å²) < 4.78 is 14.7. The Morgan fingerprint density at radius 3 is 2.67 bits per heavy atom. The number of aromatic nitrogens is 1. The Morgan fingerprint density at radius 1 is 1.33 bits per heavy atom. The number of carboxylic acid groups (broad SMARTS) is 1. The minimum atomic E-state index is -1.35. The van der Waals surface area contributed by atoms with Gasteiger partial charge < -0.3 is 14.8 Å². The molecule has 8 heteroatoms. The molecule has 0 fully saturated rings. The summed E-state index contributed by atoms with van der Waals surface area (Å²) in [5, 5.41) is 19.5. The van der Waals surface area contributed by atoms with E-state index < -0.39 is 22.1 Å². The number of benzene rings is 1. The first-order valence-corrected chi connectivity index (χ1v) is 11.9. The maximum absolute atomic E-state index is 13.3. The number of nitrogens with zero attached hydrogens (tertiary/aromatic N) is 3. The molecule has 0 spiro atoms. The van der Waals surface area contributed by atoms with Gasteiger partial charge in [-0.05, 0) is 65.0 Å². The fourth-order valence-electron chi connectivity index (χ4n) is 3.84. The molecule has 0 saturated carbocycles. The standard InChI is InChI=1S/C25H31N3O4S/c1-25(2,3)33(32)28-16-19-15-20(24(30)31)26-23(22(19)21(28)11-13-29)18-10-6-8-17(14-18)9-7-12-27(4)5/h6,8,10,14-15,21,29H,11-13,16H2,1-5H3,(H,30,31)/t21?,33-/m1/s1.